The Balaban J connectivity index is 1.77. The molecule has 0 spiro atoms. The van der Waals surface area contributed by atoms with Gasteiger partial charge in [-0.3, -0.25) is 9.78 Å². The third-order valence-corrected chi connectivity index (χ3v) is 4.65. The number of anilines is 1. The van der Waals surface area contributed by atoms with Gasteiger partial charge in [-0.25, -0.2) is 13.9 Å². The van der Waals surface area contributed by atoms with E-state index in [0.29, 0.717) is 22.7 Å². The van der Waals surface area contributed by atoms with Crippen LogP contribution < -0.4 is 10.6 Å². The van der Waals surface area contributed by atoms with E-state index >= 15 is 0 Å². The highest BCUT2D eigenvalue weighted by Gasteiger charge is 2.30. The molecule has 0 radical (unpaired) electrons. The van der Waals surface area contributed by atoms with Crippen LogP contribution in [0, 0.1) is 5.82 Å². The molecule has 134 valence electrons. The highest BCUT2D eigenvalue weighted by molar-refractivity contribution is 5.98. The van der Waals surface area contributed by atoms with Crippen LogP contribution in [0.4, 0.5) is 10.2 Å². The molecule has 26 heavy (non-hydrogen) atoms. The summed E-state index contributed by atoms with van der Waals surface area (Å²) in [4.78, 5) is 22.1. The molecular formula is C17H17FN6O2. The molecule has 1 atom stereocenters. The molecule has 4 heterocycles. The summed E-state index contributed by atoms with van der Waals surface area (Å²) in [6.45, 7) is 0.454. The summed E-state index contributed by atoms with van der Waals surface area (Å²) in [7, 11) is 0. The maximum Gasteiger partial charge on any atom is 0.254 e. The van der Waals surface area contributed by atoms with Gasteiger partial charge in [-0.15, -0.1) is 0 Å². The molecule has 3 N–H and O–H groups in total. The number of aromatic nitrogens is 4. The molecule has 0 aromatic carbocycles. The van der Waals surface area contributed by atoms with Crippen molar-refractivity contribution >= 4 is 17.4 Å². The maximum atomic E-state index is 13.7. The Morgan fingerprint density at radius 3 is 3.04 bits per heavy atom. The first-order valence-electron chi connectivity index (χ1n) is 8.24. The largest absolute Gasteiger partial charge is 0.390 e. The zero-order valence-corrected chi connectivity index (χ0v) is 13.8. The molecule has 3 aromatic rings. The molecule has 4 rings (SSSR count). The van der Waals surface area contributed by atoms with Gasteiger partial charge in [-0.05, 0) is 25.0 Å². The topological polar surface area (TPSA) is 110 Å². The molecular weight excluding hydrogens is 339 g/mol. The van der Waals surface area contributed by atoms with E-state index in [9.17, 15) is 14.3 Å². The lowest BCUT2D eigenvalue weighted by molar-refractivity contribution is 0.100. The minimum Gasteiger partial charge on any atom is -0.390 e. The van der Waals surface area contributed by atoms with Gasteiger partial charge in [0.2, 0.25) is 0 Å². The van der Waals surface area contributed by atoms with Crippen LogP contribution in [0.2, 0.25) is 0 Å². The smallest absolute Gasteiger partial charge is 0.254 e. The van der Waals surface area contributed by atoms with Crippen LogP contribution in [-0.4, -0.2) is 37.1 Å². The summed E-state index contributed by atoms with van der Waals surface area (Å²) < 4.78 is 15.2. The molecule has 9 heteroatoms. The van der Waals surface area contributed by atoms with Crippen molar-refractivity contribution in [3.63, 3.8) is 0 Å². The molecule has 0 saturated carbocycles. The molecule has 0 unspecified atom stereocenters. The summed E-state index contributed by atoms with van der Waals surface area (Å²) in [6, 6.07) is 3.04. The minimum atomic E-state index is -0.598. The van der Waals surface area contributed by atoms with Crippen molar-refractivity contribution in [2.24, 2.45) is 5.73 Å². The van der Waals surface area contributed by atoms with Crippen LogP contribution in [0.3, 0.4) is 0 Å². The Bertz CT molecular complexity index is 989. The lowest BCUT2D eigenvalue weighted by Crippen LogP contribution is -2.25. The molecule has 1 aliphatic rings. The predicted molar refractivity (Wildman–Crippen MR) is 90.9 cm³/mol. The number of primary amides is 1. The van der Waals surface area contributed by atoms with Gasteiger partial charge >= 0.3 is 0 Å². The fraction of sp³-hybridized carbons (Fsp3) is 0.294. The summed E-state index contributed by atoms with van der Waals surface area (Å²) in [5.41, 5.74) is 7.09. The zero-order valence-electron chi connectivity index (χ0n) is 13.8. The van der Waals surface area contributed by atoms with E-state index in [0.717, 1.165) is 25.6 Å². The third-order valence-electron chi connectivity index (χ3n) is 4.65. The van der Waals surface area contributed by atoms with Gasteiger partial charge in [0.05, 0.1) is 30.7 Å². The fourth-order valence-electron chi connectivity index (χ4n) is 3.46. The molecule has 8 nitrogen and oxygen atoms in total. The Morgan fingerprint density at radius 2 is 2.27 bits per heavy atom. The van der Waals surface area contributed by atoms with Crippen molar-refractivity contribution in [3.8, 4) is 0 Å². The van der Waals surface area contributed by atoms with E-state index < -0.39 is 11.7 Å². The summed E-state index contributed by atoms with van der Waals surface area (Å²) in [6.07, 6.45) is 5.87. The van der Waals surface area contributed by atoms with Crippen molar-refractivity contribution in [1.29, 1.82) is 0 Å². The van der Waals surface area contributed by atoms with Crippen LogP contribution in [-0.2, 0) is 6.61 Å². The molecule has 1 saturated heterocycles. The maximum absolute atomic E-state index is 13.7. The number of pyridine rings is 1. The number of amides is 1. The second-order valence-electron chi connectivity index (χ2n) is 6.18. The van der Waals surface area contributed by atoms with E-state index in [2.05, 4.69) is 15.1 Å². The van der Waals surface area contributed by atoms with Gasteiger partial charge in [0.1, 0.15) is 17.2 Å². The van der Waals surface area contributed by atoms with Gasteiger partial charge in [0, 0.05) is 18.3 Å². The lowest BCUT2D eigenvalue weighted by atomic mass is 10.0. The first-order chi connectivity index (χ1) is 12.6. The number of nitrogens with two attached hydrogens (primary N) is 1. The van der Waals surface area contributed by atoms with Crippen molar-refractivity contribution in [2.75, 3.05) is 11.4 Å². The van der Waals surface area contributed by atoms with Crippen LogP contribution in [0.5, 0.6) is 0 Å². The summed E-state index contributed by atoms with van der Waals surface area (Å²) in [5, 5.41) is 13.6. The van der Waals surface area contributed by atoms with E-state index in [1.54, 1.807) is 12.3 Å². The van der Waals surface area contributed by atoms with Gasteiger partial charge < -0.3 is 15.7 Å². The van der Waals surface area contributed by atoms with Gasteiger partial charge in [-0.1, -0.05) is 0 Å². The number of carbonyl (C=O) groups excluding carboxylic acids is 1. The zero-order chi connectivity index (χ0) is 18.3. The number of nitrogens with zero attached hydrogens (tertiary/aromatic N) is 5. The van der Waals surface area contributed by atoms with Crippen LogP contribution >= 0.6 is 0 Å². The Kier molecular flexibility index (Phi) is 4.00. The molecule has 1 amide bonds. The quantitative estimate of drug-likeness (QED) is 0.727. The van der Waals surface area contributed by atoms with E-state index in [-0.39, 0.29) is 18.2 Å². The number of aliphatic hydroxyl groups excluding tert-OH is 1. The van der Waals surface area contributed by atoms with E-state index in [4.69, 9.17) is 5.73 Å². The monoisotopic (exact) mass is 356 g/mol. The van der Waals surface area contributed by atoms with E-state index in [1.165, 1.54) is 16.8 Å². The third kappa shape index (κ3) is 2.66. The Hall–Kier alpha value is -3.07. The number of rotatable bonds is 4. The second-order valence-corrected chi connectivity index (χ2v) is 6.18. The SMILES string of the molecule is NC(=O)c1cnn2ccc(N3CCC[C@@H]3c3cc(F)cnc3CO)nc12. The number of carbonyl (C=O) groups is 1. The van der Waals surface area contributed by atoms with Gasteiger partial charge in [-0.2, -0.15) is 5.10 Å². The van der Waals surface area contributed by atoms with Crippen LogP contribution in [0.1, 0.15) is 40.5 Å². The van der Waals surface area contributed by atoms with E-state index in [1.807, 2.05) is 4.90 Å². The van der Waals surface area contributed by atoms with Crippen molar-refractivity contribution < 1.29 is 14.3 Å². The highest BCUT2D eigenvalue weighted by Crippen LogP contribution is 2.36. The molecule has 0 bridgehead atoms. The lowest BCUT2D eigenvalue weighted by Gasteiger charge is -2.27. The number of fused-ring (bicyclic) bond motifs is 1. The van der Waals surface area contributed by atoms with Crippen molar-refractivity contribution in [1.82, 2.24) is 19.6 Å². The average Bonchev–Trinajstić information content (AvgIpc) is 3.28. The van der Waals surface area contributed by atoms with Crippen molar-refractivity contribution in [2.45, 2.75) is 25.5 Å². The van der Waals surface area contributed by atoms with Crippen molar-refractivity contribution in [3.05, 3.63) is 53.4 Å². The molecule has 3 aromatic heterocycles. The van der Waals surface area contributed by atoms with Crippen LogP contribution in [0.25, 0.3) is 5.65 Å². The number of hydrogen-bond donors (Lipinski definition) is 2. The Morgan fingerprint density at radius 1 is 1.42 bits per heavy atom. The molecule has 0 aliphatic carbocycles. The van der Waals surface area contributed by atoms with Crippen LogP contribution in [0.15, 0.2) is 30.7 Å². The fourth-order valence-corrected chi connectivity index (χ4v) is 3.46. The first-order valence-corrected chi connectivity index (χ1v) is 8.24. The summed E-state index contributed by atoms with van der Waals surface area (Å²) in [5.74, 6) is -0.407. The number of aliphatic hydroxyl groups is 1. The van der Waals surface area contributed by atoms with Gasteiger partial charge in [0.25, 0.3) is 5.91 Å². The average molecular weight is 356 g/mol. The standard InChI is InChI=1S/C17H17FN6O2/c18-10-6-11(13(9-25)20-7-10)14-2-1-4-23(14)15-3-5-24-17(22-15)12(8-21-24)16(19)26/h3,5-8,14,25H,1-2,4,9H2,(H2,19,26)/t14-/m1/s1. The normalized spacial score (nSPS) is 17.2. The highest BCUT2D eigenvalue weighted by atomic mass is 19.1. The molecule has 1 fully saturated rings. The molecule has 1 aliphatic heterocycles. The predicted octanol–water partition coefficient (Wildman–Crippen LogP) is 1.20. The summed E-state index contributed by atoms with van der Waals surface area (Å²) >= 11 is 0. The van der Waals surface area contributed by atoms with Gasteiger partial charge in [0.15, 0.2) is 5.65 Å². The number of hydrogen-bond acceptors (Lipinski definition) is 6. The first kappa shape index (κ1) is 16.4. The minimum absolute atomic E-state index is 0.157. The second kappa shape index (κ2) is 6.34. The number of halogens is 1. The Labute approximate surface area is 148 Å².